The van der Waals surface area contributed by atoms with Crippen molar-refractivity contribution in [3.63, 3.8) is 0 Å². The van der Waals surface area contributed by atoms with E-state index in [1.54, 1.807) is 7.11 Å². The predicted molar refractivity (Wildman–Crippen MR) is 67.2 cm³/mol. The van der Waals surface area contributed by atoms with Crippen molar-refractivity contribution < 1.29 is 9.47 Å². The standard InChI is InChI=1S/C12H22N4O2/c1-17-7-5-13-8-11-9-16(15-14-11)10-12-4-2-3-6-18-12/h9,12-13H,2-8,10H2,1H3. The zero-order valence-corrected chi connectivity index (χ0v) is 11.0. The van der Waals surface area contributed by atoms with Gasteiger partial charge in [0.05, 0.1) is 24.9 Å². The molecule has 0 radical (unpaired) electrons. The molecule has 0 spiro atoms. The Hall–Kier alpha value is -0.980. The maximum Gasteiger partial charge on any atom is 0.0964 e. The highest BCUT2D eigenvalue weighted by molar-refractivity contribution is 4.91. The third-order valence-corrected chi connectivity index (χ3v) is 3.04. The van der Waals surface area contributed by atoms with Crippen LogP contribution in [0.5, 0.6) is 0 Å². The number of methoxy groups -OCH3 is 1. The second-order valence-corrected chi connectivity index (χ2v) is 4.59. The minimum Gasteiger partial charge on any atom is -0.383 e. The van der Waals surface area contributed by atoms with Crippen LogP contribution < -0.4 is 5.32 Å². The van der Waals surface area contributed by atoms with E-state index in [0.717, 1.165) is 38.4 Å². The van der Waals surface area contributed by atoms with Crippen molar-refractivity contribution in [1.29, 1.82) is 0 Å². The Kier molecular flexibility index (Phi) is 5.57. The van der Waals surface area contributed by atoms with E-state index in [9.17, 15) is 0 Å². The van der Waals surface area contributed by atoms with Gasteiger partial charge in [0.2, 0.25) is 0 Å². The second-order valence-electron chi connectivity index (χ2n) is 4.59. The van der Waals surface area contributed by atoms with E-state index in [-0.39, 0.29) is 0 Å². The highest BCUT2D eigenvalue weighted by atomic mass is 16.5. The molecule has 6 heteroatoms. The number of nitrogens with one attached hydrogen (secondary N) is 1. The molecule has 2 heterocycles. The van der Waals surface area contributed by atoms with E-state index in [1.165, 1.54) is 12.8 Å². The molecule has 102 valence electrons. The highest BCUT2D eigenvalue weighted by Crippen LogP contribution is 2.13. The van der Waals surface area contributed by atoms with Crippen molar-refractivity contribution in [3.05, 3.63) is 11.9 Å². The van der Waals surface area contributed by atoms with Gasteiger partial charge in [0.1, 0.15) is 0 Å². The first-order valence-electron chi connectivity index (χ1n) is 6.59. The van der Waals surface area contributed by atoms with Crippen LogP contribution in [0.1, 0.15) is 25.0 Å². The van der Waals surface area contributed by atoms with Gasteiger partial charge in [-0.25, -0.2) is 4.68 Å². The van der Waals surface area contributed by atoms with Crippen LogP contribution in [-0.2, 0) is 22.6 Å². The topological polar surface area (TPSA) is 61.2 Å². The van der Waals surface area contributed by atoms with Gasteiger partial charge in [-0.2, -0.15) is 0 Å². The summed E-state index contributed by atoms with van der Waals surface area (Å²) in [5.41, 5.74) is 0.960. The first-order valence-corrected chi connectivity index (χ1v) is 6.59. The van der Waals surface area contributed by atoms with E-state index >= 15 is 0 Å². The summed E-state index contributed by atoms with van der Waals surface area (Å²) in [6, 6.07) is 0. The number of rotatable bonds is 7. The second kappa shape index (κ2) is 7.45. The van der Waals surface area contributed by atoms with Crippen LogP contribution in [-0.4, -0.2) is 48.0 Å². The zero-order chi connectivity index (χ0) is 12.6. The Bertz CT molecular complexity index is 337. The summed E-state index contributed by atoms with van der Waals surface area (Å²) in [7, 11) is 1.70. The summed E-state index contributed by atoms with van der Waals surface area (Å²) >= 11 is 0. The predicted octanol–water partition coefficient (Wildman–Crippen LogP) is 0.583. The fraction of sp³-hybridized carbons (Fsp3) is 0.833. The molecular weight excluding hydrogens is 232 g/mol. The third-order valence-electron chi connectivity index (χ3n) is 3.04. The Labute approximate surface area is 108 Å². The molecule has 2 rings (SSSR count). The molecule has 1 aromatic rings. The lowest BCUT2D eigenvalue weighted by Gasteiger charge is -2.21. The first-order chi connectivity index (χ1) is 8.88. The molecule has 0 aromatic carbocycles. The summed E-state index contributed by atoms with van der Waals surface area (Å²) in [5.74, 6) is 0. The van der Waals surface area contributed by atoms with E-state index in [1.807, 2.05) is 10.9 Å². The van der Waals surface area contributed by atoms with Gasteiger partial charge in [-0.05, 0) is 19.3 Å². The number of aromatic nitrogens is 3. The maximum atomic E-state index is 5.68. The largest absolute Gasteiger partial charge is 0.383 e. The van der Waals surface area contributed by atoms with Gasteiger partial charge in [0.25, 0.3) is 0 Å². The molecule has 1 aliphatic heterocycles. The van der Waals surface area contributed by atoms with Crippen LogP contribution in [0.3, 0.4) is 0 Å². The summed E-state index contributed by atoms with van der Waals surface area (Å²) in [4.78, 5) is 0. The van der Waals surface area contributed by atoms with Crippen LogP contribution in [0.15, 0.2) is 6.20 Å². The van der Waals surface area contributed by atoms with E-state index in [4.69, 9.17) is 9.47 Å². The lowest BCUT2D eigenvalue weighted by Crippen LogP contribution is -2.24. The van der Waals surface area contributed by atoms with Gasteiger partial charge < -0.3 is 14.8 Å². The average Bonchev–Trinajstić information content (AvgIpc) is 2.84. The van der Waals surface area contributed by atoms with Crippen LogP contribution in [0, 0.1) is 0 Å². The van der Waals surface area contributed by atoms with Crippen LogP contribution in [0.25, 0.3) is 0 Å². The number of ether oxygens (including phenoxy) is 2. The average molecular weight is 254 g/mol. The SMILES string of the molecule is COCCNCc1cn(CC2CCCCO2)nn1. The zero-order valence-electron chi connectivity index (χ0n) is 11.0. The minimum atomic E-state index is 0.301. The Balaban J connectivity index is 1.71. The first kappa shape index (κ1) is 13.5. The van der Waals surface area contributed by atoms with Crippen molar-refractivity contribution >= 4 is 0 Å². The van der Waals surface area contributed by atoms with Crippen molar-refractivity contribution in [1.82, 2.24) is 20.3 Å². The molecule has 1 aliphatic rings. The quantitative estimate of drug-likeness (QED) is 0.721. The molecule has 1 atom stereocenters. The van der Waals surface area contributed by atoms with Gasteiger partial charge in [0, 0.05) is 33.0 Å². The molecule has 0 amide bonds. The fourth-order valence-electron chi connectivity index (χ4n) is 2.06. The fourth-order valence-corrected chi connectivity index (χ4v) is 2.06. The van der Waals surface area contributed by atoms with Gasteiger partial charge in [-0.3, -0.25) is 0 Å². The van der Waals surface area contributed by atoms with Gasteiger partial charge >= 0.3 is 0 Å². The van der Waals surface area contributed by atoms with Crippen molar-refractivity contribution in [2.24, 2.45) is 0 Å². The molecule has 0 aliphatic carbocycles. The van der Waals surface area contributed by atoms with E-state index < -0.39 is 0 Å². The molecular formula is C12H22N4O2. The number of hydrogen-bond acceptors (Lipinski definition) is 5. The van der Waals surface area contributed by atoms with Gasteiger partial charge in [-0.1, -0.05) is 5.21 Å². The maximum absolute atomic E-state index is 5.68. The lowest BCUT2D eigenvalue weighted by atomic mass is 10.1. The molecule has 0 bridgehead atoms. The highest BCUT2D eigenvalue weighted by Gasteiger charge is 2.15. The number of nitrogens with zero attached hydrogens (tertiary/aromatic N) is 3. The molecule has 18 heavy (non-hydrogen) atoms. The summed E-state index contributed by atoms with van der Waals surface area (Å²) in [6.07, 6.45) is 5.85. The summed E-state index contributed by atoms with van der Waals surface area (Å²) < 4.78 is 12.5. The lowest BCUT2D eigenvalue weighted by molar-refractivity contribution is 0.00370. The van der Waals surface area contributed by atoms with E-state index in [2.05, 4.69) is 15.6 Å². The van der Waals surface area contributed by atoms with Crippen LogP contribution >= 0.6 is 0 Å². The molecule has 1 N–H and O–H groups in total. The molecule has 1 fully saturated rings. The Morgan fingerprint density at radius 2 is 2.50 bits per heavy atom. The molecule has 1 aromatic heterocycles. The third kappa shape index (κ3) is 4.36. The summed E-state index contributed by atoms with van der Waals surface area (Å²) in [6.45, 7) is 3.96. The van der Waals surface area contributed by atoms with Crippen molar-refractivity contribution in [2.75, 3.05) is 26.9 Å². The van der Waals surface area contributed by atoms with E-state index in [0.29, 0.717) is 12.7 Å². The smallest absolute Gasteiger partial charge is 0.0964 e. The van der Waals surface area contributed by atoms with Gasteiger partial charge in [0.15, 0.2) is 0 Å². The van der Waals surface area contributed by atoms with Crippen LogP contribution in [0.2, 0.25) is 0 Å². The minimum absolute atomic E-state index is 0.301. The Morgan fingerprint density at radius 3 is 3.28 bits per heavy atom. The number of hydrogen-bond donors (Lipinski definition) is 1. The monoisotopic (exact) mass is 254 g/mol. The van der Waals surface area contributed by atoms with Crippen molar-refractivity contribution in [2.45, 2.75) is 38.5 Å². The Morgan fingerprint density at radius 1 is 1.56 bits per heavy atom. The van der Waals surface area contributed by atoms with Gasteiger partial charge in [-0.15, -0.1) is 5.10 Å². The van der Waals surface area contributed by atoms with Crippen molar-refractivity contribution in [3.8, 4) is 0 Å². The molecule has 0 saturated carbocycles. The normalized spacial score (nSPS) is 20.2. The molecule has 1 saturated heterocycles. The van der Waals surface area contributed by atoms with Crippen LogP contribution in [0.4, 0.5) is 0 Å². The molecule has 1 unspecified atom stereocenters. The summed E-state index contributed by atoms with van der Waals surface area (Å²) in [5, 5.41) is 11.5. The molecule has 6 nitrogen and oxygen atoms in total.